The summed E-state index contributed by atoms with van der Waals surface area (Å²) in [5, 5.41) is 8.18. The van der Waals surface area contributed by atoms with E-state index in [0.29, 0.717) is 50.7 Å². The molecule has 0 aliphatic carbocycles. The molecule has 1 aliphatic rings. The molecular weight excluding hydrogens is 354 g/mol. The number of amides is 1. The Balaban J connectivity index is 1.27. The maximum atomic E-state index is 12.6. The molecule has 0 saturated carbocycles. The highest BCUT2D eigenvalue weighted by Gasteiger charge is 2.25. The van der Waals surface area contributed by atoms with Crippen LogP contribution in [0.15, 0.2) is 65.1 Å². The molecule has 0 unspecified atom stereocenters. The van der Waals surface area contributed by atoms with Crippen molar-refractivity contribution in [3.05, 3.63) is 72.1 Å². The van der Waals surface area contributed by atoms with E-state index in [4.69, 9.17) is 9.15 Å². The van der Waals surface area contributed by atoms with Crippen LogP contribution in [0.4, 0.5) is 0 Å². The SMILES string of the molecule is O=C(CCCc1nnc(-c2ccccc2)o1)N1CCO[C@@H](c2ccccc2)C1. The number of hydrogen-bond acceptors (Lipinski definition) is 5. The van der Waals surface area contributed by atoms with Crippen LogP contribution in [0.25, 0.3) is 11.5 Å². The lowest BCUT2D eigenvalue weighted by Crippen LogP contribution is -2.42. The van der Waals surface area contributed by atoms with Crippen molar-refractivity contribution >= 4 is 5.91 Å². The van der Waals surface area contributed by atoms with Gasteiger partial charge in [0.15, 0.2) is 0 Å². The summed E-state index contributed by atoms with van der Waals surface area (Å²) in [6.45, 7) is 1.80. The number of carbonyl (C=O) groups is 1. The lowest BCUT2D eigenvalue weighted by Gasteiger charge is -2.33. The number of aromatic nitrogens is 2. The first-order valence-electron chi connectivity index (χ1n) is 9.62. The summed E-state index contributed by atoms with van der Waals surface area (Å²) in [6.07, 6.45) is 1.69. The molecule has 0 bridgehead atoms. The van der Waals surface area contributed by atoms with Crippen LogP contribution in [-0.4, -0.2) is 40.7 Å². The van der Waals surface area contributed by atoms with Gasteiger partial charge in [-0.3, -0.25) is 4.79 Å². The van der Waals surface area contributed by atoms with Gasteiger partial charge in [0.25, 0.3) is 0 Å². The number of morpholine rings is 1. The van der Waals surface area contributed by atoms with E-state index in [9.17, 15) is 4.79 Å². The Morgan fingerprint density at radius 3 is 2.57 bits per heavy atom. The summed E-state index contributed by atoms with van der Waals surface area (Å²) >= 11 is 0. The molecule has 3 aromatic rings. The predicted molar refractivity (Wildman–Crippen MR) is 104 cm³/mol. The molecule has 0 N–H and O–H groups in total. The molecule has 1 atom stereocenters. The topological polar surface area (TPSA) is 68.5 Å². The van der Waals surface area contributed by atoms with Gasteiger partial charge < -0.3 is 14.1 Å². The van der Waals surface area contributed by atoms with Crippen molar-refractivity contribution in [2.75, 3.05) is 19.7 Å². The molecule has 0 spiro atoms. The Morgan fingerprint density at radius 2 is 1.79 bits per heavy atom. The molecule has 1 amide bonds. The van der Waals surface area contributed by atoms with E-state index in [1.807, 2.05) is 65.6 Å². The van der Waals surface area contributed by atoms with Crippen molar-refractivity contribution in [2.45, 2.75) is 25.4 Å². The molecule has 144 valence electrons. The average molecular weight is 377 g/mol. The molecule has 1 fully saturated rings. The smallest absolute Gasteiger partial charge is 0.247 e. The van der Waals surface area contributed by atoms with Gasteiger partial charge in [-0.1, -0.05) is 48.5 Å². The van der Waals surface area contributed by atoms with E-state index in [1.54, 1.807) is 0 Å². The Morgan fingerprint density at radius 1 is 1.04 bits per heavy atom. The Bertz CT molecular complexity index is 896. The first-order valence-corrected chi connectivity index (χ1v) is 9.62. The fourth-order valence-electron chi connectivity index (χ4n) is 3.35. The highest BCUT2D eigenvalue weighted by Crippen LogP contribution is 2.23. The zero-order valence-corrected chi connectivity index (χ0v) is 15.7. The third-order valence-corrected chi connectivity index (χ3v) is 4.86. The molecule has 2 heterocycles. The van der Waals surface area contributed by atoms with Crippen LogP contribution in [0.3, 0.4) is 0 Å². The minimum Gasteiger partial charge on any atom is -0.421 e. The van der Waals surface area contributed by atoms with Crippen LogP contribution in [0.1, 0.15) is 30.4 Å². The summed E-state index contributed by atoms with van der Waals surface area (Å²) in [4.78, 5) is 14.5. The molecule has 28 heavy (non-hydrogen) atoms. The van der Waals surface area contributed by atoms with Gasteiger partial charge in [-0.2, -0.15) is 0 Å². The minimum atomic E-state index is -0.0525. The number of ether oxygens (including phenoxy) is 1. The van der Waals surface area contributed by atoms with Crippen LogP contribution >= 0.6 is 0 Å². The third-order valence-electron chi connectivity index (χ3n) is 4.86. The van der Waals surface area contributed by atoms with Gasteiger partial charge in [0, 0.05) is 24.9 Å². The first kappa shape index (κ1) is 18.4. The lowest BCUT2D eigenvalue weighted by atomic mass is 10.1. The highest BCUT2D eigenvalue weighted by atomic mass is 16.5. The van der Waals surface area contributed by atoms with Crippen molar-refractivity contribution in [3.8, 4) is 11.5 Å². The number of rotatable bonds is 6. The molecule has 6 heteroatoms. The quantitative estimate of drug-likeness (QED) is 0.656. The molecule has 4 rings (SSSR count). The zero-order valence-electron chi connectivity index (χ0n) is 15.7. The van der Waals surface area contributed by atoms with Crippen LogP contribution in [0.5, 0.6) is 0 Å². The summed E-state index contributed by atoms with van der Waals surface area (Å²) < 4.78 is 11.5. The molecule has 1 saturated heterocycles. The van der Waals surface area contributed by atoms with Gasteiger partial charge in [-0.25, -0.2) is 0 Å². The van der Waals surface area contributed by atoms with Crippen LogP contribution < -0.4 is 0 Å². The van der Waals surface area contributed by atoms with Crippen LogP contribution in [0.2, 0.25) is 0 Å². The van der Waals surface area contributed by atoms with Gasteiger partial charge in [0.2, 0.25) is 17.7 Å². The van der Waals surface area contributed by atoms with Gasteiger partial charge in [-0.05, 0) is 24.1 Å². The Hall–Kier alpha value is -2.99. The maximum Gasteiger partial charge on any atom is 0.247 e. The first-order chi connectivity index (χ1) is 13.8. The number of aryl methyl sites for hydroxylation is 1. The molecule has 6 nitrogen and oxygen atoms in total. The van der Waals surface area contributed by atoms with E-state index in [1.165, 1.54) is 0 Å². The second-order valence-electron chi connectivity index (χ2n) is 6.83. The van der Waals surface area contributed by atoms with Crippen molar-refractivity contribution < 1.29 is 13.9 Å². The Kier molecular flexibility index (Phi) is 5.77. The number of nitrogens with zero attached hydrogens (tertiary/aromatic N) is 3. The monoisotopic (exact) mass is 377 g/mol. The van der Waals surface area contributed by atoms with Crippen LogP contribution in [-0.2, 0) is 16.0 Å². The molecular formula is C22H23N3O3. The van der Waals surface area contributed by atoms with Gasteiger partial charge >= 0.3 is 0 Å². The van der Waals surface area contributed by atoms with Crippen molar-refractivity contribution in [2.24, 2.45) is 0 Å². The predicted octanol–water partition coefficient (Wildman–Crippen LogP) is 3.66. The van der Waals surface area contributed by atoms with E-state index < -0.39 is 0 Å². The summed E-state index contributed by atoms with van der Waals surface area (Å²) in [7, 11) is 0. The number of carbonyl (C=O) groups excluding carboxylic acids is 1. The average Bonchev–Trinajstić information content (AvgIpc) is 3.24. The summed E-state index contributed by atoms with van der Waals surface area (Å²) in [5.74, 6) is 1.23. The molecule has 1 aliphatic heterocycles. The largest absolute Gasteiger partial charge is 0.421 e. The third kappa shape index (κ3) is 4.46. The van der Waals surface area contributed by atoms with E-state index in [0.717, 1.165) is 11.1 Å². The maximum absolute atomic E-state index is 12.6. The number of benzene rings is 2. The van der Waals surface area contributed by atoms with Crippen molar-refractivity contribution in [1.29, 1.82) is 0 Å². The fraction of sp³-hybridized carbons (Fsp3) is 0.318. The number of hydrogen-bond donors (Lipinski definition) is 0. The van der Waals surface area contributed by atoms with E-state index in [-0.39, 0.29) is 12.0 Å². The molecule has 1 aromatic heterocycles. The van der Waals surface area contributed by atoms with Gasteiger partial charge in [0.05, 0.1) is 13.2 Å². The second-order valence-corrected chi connectivity index (χ2v) is 6.83. The zero-order chi connectivity index (χ0) is 19.2. The van der Waals surface area contributed by atoms with E-state index in [2.05, 4.69) is 10.2 Å². The van der Waals surface area contributed by atoms with Crippen LogP contribution in [0, 0.1) is 0 Å². The summed E-state index contributed by atoms with van der Waals surface area (Å²) in [6, 6.07) is 19.7. The van der Waals surface area contributed by atoms with E-state index >= 15 is 0 Å². The van der Waals surface area contributed by atoms with Gasteiger partial charge in [-0.15, -0.1) is 10.2 Å². The van der Waals surface area contributed by atoms with Crippen molar-refractivity contribution in [3.63, 3.8) is 0 Å². The summed E-state index contributed by atoms with van der Waals surface area (Å²) in [5.41, 5.74) is 2.01. The van der Waals surface area contributed by atoms with Gasteiger partial charge in [0.1, 0.15) is 6.10 Å². The Labute approximate surface area is 164 Å². The standard InChI is InChI=1S/C22H23N3O3/c26-21(25-14-15-27-19(16-25)17-8-3-1-4-9-17)13-7-12-20-23-24-22(28-20)18-10-5-2-6-11-18/h1-6,8-11,19H,7,12-16H2/t19-/m1/s1. The van der Waals surface area contributed by atoms with Crippen molar-refractivity contribution in [1.82, 2.24) is 15.1 Å². The normalized spacial score (nSPS) is 16.9. The molecule has 2 aromatic carbocycles. The second kappa shape index (κ2) is 8.80. The lowest BCUT2D eigenvalue weighted by molar-refractivity contribution is -0.139. The minimum absolute atomic E-state index is 0.0525. The fourth-order valence-corrected chi connectivity index (χ4v) is 3.35. The highest BCUT2D eigenvalue weighted by molar-refractivity contribution is 5.76. The molecule has 0 radical (unpaired) electrons.